The molecule has 0 radical (unpaired) electrons. The second-order valence-electron chi connectivity index (χ2n) is 5.70. The second-order valence-corrected chi connectivity index (χ2v) is 5.70. The van der Waals surface area contributed by atoms with Crippen molar-refractivity contribution in [2.45, 2.75) is 38.8 Å². The highest BCUT2D eigenvalue weighted by molar-refractivity contribution is 5.62. The Hall–Kier alpha value is -1.62. The molecule has 0 bridgehead atoms. The van der Waals surface area contributed by atoms with Gasteiger partial charge in [0.05, 0.1) is 4.92 Å². The maximum Gasteiger partial charge on any atom is 0.292 e. The van der Waals surface area contributed by atoms with Gasteiger partial charge in [-0.2, -0.15) is 0 Å². The number of nitrogens with zero attached hydrogens (tertiary/aromatic N) is 2. The summed E-state index contributed by atoms with van der Waals surface area (Å²) in [5.74, 6) is 0. The Bertz CT molecular complexity index is 486. The van der Waals surface area contributed by atoms with Crippen molar-refractivity contribution < 1.29 is 4.92 Å². The Morgan fingerprint density at radius 1 is 1.47 bits per heavy atom. The van der Waals surface area contributed by atoms with Crippen LogP contribution in [0.5, 0.6) is 0 Å². The summed E-state index contributed by atoms with van der Waals surface area (Å²) in [6, 6.07) is 5.43. The first-order chi connectivity index (χ1) is 8.94. The second kappa shape index (κ2) is 5.17. The van der Waals surface area contributed by atoms with Gasteiger partial charge in [0.15, 0.2) is 0 Å². The molecule has 1 aromatic carbocycles. The molecule has 0 unspecified atom stereocenters. The lowest BCUT2D eigenvalue weighted by Gasteiger charge is -2.31. The van der Waals surface area contributed by atoms with Crippen molar-refractivity contribution in [3.63, 3.8) is 0 Å². The Kier molecular flexibility index (Phi) is 3.75. The zero-order valence-electron chi connectivity index (χ0n) is 11.8. The third kappa shape index (κ3) is 2.87. The van der Waals surface area contributed by atoms with E-state index in [9.17, 15) is 10.1 Å². The average Bonchev–Trinajstić information content (AvgIpc) is 2.68. The monoisotopic (exact) mass is 263 g/mol. The van der Waals surface area contributed by atoms with Crippen LogP contribution < -0.4 is 5.32 Å². The lowest BCUT2D eigenvalue weighted by atomic mass is 10.0. The number of nitro benzene ring substituents is 1. The summed E-state index contributed by atoms with van der Waals surface area (Å²) in [6.45, 7) is 6.30. The van der Waals surface area contributed by atoms with Gasteiger partial charge < -0.3 is 5.32 Å². The topological polar surface area (TPSA) is 58.4 Å². The maximum absolute atomic E-state index is 11.0. The summed E-state index contributed by atoms with van der Waals surface area (Å²) in [7, 11) is 1.70. The predicted octanol–water partition coefficient (Wildman–Crippen LogP) is 3.01. The van der Waals surface area contributed by atoms with Crippen LogP contribution in [0.4, 0.5) is 11.4 Å². The van der Waals surface area contributed by atoms with E-state index in [0.717, 1.165) is 18.7 Å². The van der Waals surface area contributed by atoms with Crippen molar-refractivity contribution in [3.8, 4) is 0 Å². The minimum atomic E-state index is -0.329. The highest BCUT2D eigenvalue weighted by Gasteiger charge is 2.31. The van der Waals surface area contributed by atoms with E-state index in [2.05, 4.69) is 24.1 Å². The molecule has 1 N–H and O–H groups in total. The third-order valence-corrected chi connectivity index (χ3v) is 3.97. The largest absolute Gasteiger partial charge is 0.383 e. The highest BCUT2D eigenvalue weighted by Crippen LogP contribution is 2.31. The summed E-state index contributed by atoms with van der Waals surface area (Å²) in [5.41, 5.74) is 1.91. The average molecular weight is 263 g/mol. The van der Waals surface area contributed by atoms with Gasteiger partial charge in [-0.05, 0) is 44.9 Å². The van der Waals surface area contributed by atoms with E-state index in [0.29, 0.717) is 5.69 Å². The van der Waals surface area contributed by atoms with Gasteiger partial charge in [0.2, 0.25) is 0 Å². The maximum atomic E-state index is 11.0. The van der Waals surface area contributed by atoms with Gasteiger partial charge in [-0.25, -0.2) is 0 Å². The standard InChI is InChI=1S/C14H21N3O2/c1-14(2)7-4-8-16(14)10-11-5-6-12(15-3)13(9-11)17(18)19/h5-6,9,15H,4,7-8,10H2,1-3H3. The van der Waals surface area contributed by atoms with Crippen LogP contribution in [0.3, 0.4) is 0 Å². The Morgan fingerprint density at radius 2 is 2.21 bits per heavy atom. The first-order valence-electron chi connectivity index (χ1n) is 6.64. The van der Waals surface area contributed by atoms with Crippen LogP contribution in [0.2, 0.25) is 0 Å². The fraction of sp³-hybridized carbons (Fsp3) is 0.571. The molecule has 5 heteroatoms. The first-order valence-corrected chi connectivity index (χ1v) is 6.64. The fourth-order valence-electron chi connectivity index (χ4n) is 2.71. The molecule has 1 fully saturated rings. The summed E-state index contributed by atoms with van der Waals surface area (Å²) in [6.07, 6.45) is 2.38. The van der Waals surface area contributed by atoms with Gasteiger partial charge in [-0.15, -0.1) is 0 Å². The number of likely N-dealkylation sites (tertiary alicyclic amines) is 1. The third-order valence-electron chi connectivity index (χ3n) is 3.97. The van der Waals surface area contributed by atoms with Crippen LogP contribution in [-0.4, -0.2) is 29.0 Å². The predicted molar refractivity (Wildman–Crippen MR) is 76.4 cm³/mol. The molecule has 1 saturated heterocycles. The van der Waals surface area contributed by atoms with E-state index in [1.165, 1.54) is 12.8 Å². The van der Waals surface area contributed by atoms with E-state index in [-0.39, 0.29) is 16.1 Å². The molecule has 2 rings (SSSR count). The summed E-state index contributed by atoms with van der Waals surface area (Å²) in [4.78, 5) is 13.1. The van der Waals surface area contributed by atoms with Gasteiger partial charge >= 0.3 is 0 Å². The number of anilines is 1. The number of rotatable bonds is 4. The van der Waals surface area contributed by atoms with E-state index in [1.807, 2.05) is 6.07 Å². The molecular formula is C14H21N3O2. The molecule has 0 amide bonds. The van der Waals surface area contributed by atoms with Gasteiger partial charge in [0.1, 0.15) is 5.69 Å². The van der Waals surface area contributed by atoms with Crippen LogP contribution in [0.15, 0.2) is 18.2 Å². The Morgan fingerprint density at radius 3 is 2.74 bits per heavy atom. The summed E-state index contributed by atoms with van der Waals surface area (Å²) >= 11 is 0. The molecule has 19 heavy (non-hydrogen) atoms. The van der Waals surface area contributed by atoms with Crippen LogP contribution in [0.1, 0.15) is 32.3 Å². The van der Waals surface area contributed by atoms with E-state index >= 15 is 0 Å². The highest BCUT2D eigenvalue weighted by atomic mass is 16.6. The van der Waals surface area contributed by atoms with Crippen LogP contribution in [0, 0.1) is 10.1 Å². The molecule has 1 heterocycles. The molecular weight excluding hydrogens is 242 g/mol. The van der Waals surface area contributed by atoms with Crippen molar-refractivity contribution >= 4 is 11.4 Å². The molecule has 0 saturated carbocycles. The lowest BCUT2D eigenvalue weighted by Crippen LogP contribution is -2.37. The fourth-order valence-corrected chi connectivity index (χ4v) is 2.71. The van der Waals surface area contributed by atoms with E-state index in [1.54, 1.807) is 19.2 Å². The molecule has 0 spiro atoms. The van der Waals surface area contributed by atoms with Crippen LogP contribution in [0.25, 0.3) is 0 Å². The Labute approximate surface area is 113 Å². The molecule has 1 aliphatic rings. The smallest absolute Gasteiger partial charge is 0.292 e. The SMILES string of the molecule is CNc1ccc(CN2CCCC2(C)C)cc1[N+](=O)[O-]. The van der Waals surface area contributed by atoms with E-state index in [4.69, 9.17) is 0 Å². The summed E-state index contributed by atoms with van der Waals surface area (Å²) in [5, 5.41) is 13.9. The van der Waals surface area contributed by atoms with Crippen molar-refractivity contribution in [1.29, 1.82) is 0 Å². The van der Waals surface area contributed by atoms with Crippen molar-refractivity contribution in [2.75, 3.05) is 18.9 Å². The van der Waals surface area contributed by atoms with E-state index < -0.39 is 0 Å². The van der Waals surface area contributed by atoms with Crippen molar-refractivity contribution in [2.24, 2.45) is 0 Å². The quantitative estimate of drug-likeness (QED) is 0.670. The number of nitrogens with one attached hydrogen (secondary N) is 1. The van der Waals surface area contributed by atoms with Gasteiger partial charge in [-0.1, -0.05) is 6.07 Å². The molecule has 1 aliphatic heterocycles. The molecule has 0 aliphatic carbocycles. The number of hydrogen-bond acceptors (Lipinski definition) is 4. The van der Waals surface area contributed by atoms with Crippen LogP contribution in [-0.2, 0) is 6.54 Å². The minimum Gasteiger partial charge on any atom is -0.383 e. The Balaban J connectivity index is 2.22. The van der Waals surface area contributed by atoms with Crippen LogP contribution >= 0.6 is 0 Å². The zero-order chi connectivity index (χ0) is 14.0. The first kappa shape index (κ1) is 13.8. The number of benzene rings is 1. The summed E-state index contributed by atoms with van der Waals surface area (Å²) < 4.78 is 0. The van der Waals surface area contributed by atoms with Gasteiger partial charge in [-0.3, -0.25) is 15.0 Å². The lowest BCUT2D eigenvalue weighted by molar-refractivity contribution is -0.384. The number of hydrogen-bond donors (Lipinski definition) is 1. The van der Waals surface area contributed by atoms with Gasteiger partial charge in [0.25, 0.3) is 5.69 Å². The number of nitro groups is 1. The molecule has 1 aromatic rings. The molecule has 0 atom stereocenters. The zero-order valence-corrected chi connectivity index (χ0v) is 11.8. The molecule has 5 nitrogen and oxygen atoms in total. The molecule has 104 valence electrons. The van der Waals surface area contributed by atoms with Crippen molar-refractivity contribution in [3.05, 3.63) is 33.9 Å². The van der Waals surface area contributed by atoms with Gasteiger partial charge in [0, 0.05) is 25.2 Å². The molecule has 0 aromatic heterocycles. The normalized spacial score (nSPS) is 18.5. The van der Waals surface area contributed by atoms with Crippen molar-refractivity contribution in [1.82, 2.24) is 4.90 Å². The minimum absolute atomic E-state index is 0.150.